The molecule has 7 nitrogen and oxygen atoms in total. The number of benzene rings is 2. The smallest absolute Gasteiger partial charge is 0.409 e. The molecule has 3 fully saturated rings. The topological polar surface area (TPSA) is 70.2 Å². The van der Waals surface area contributed by atoms with E-state index < -0.39 is 12.1 Å². The summed E-state index contributed by atoms with van der Waals surface area (Å²) in [6, 6.07) is 11.9. The number of amides is 4. The Balaban J connectivity index is 1.57. The number of hydrogen-bond donors (Lipinski definition) is 0. The summed E-state index contributed by atoms with van der Waals surface area (Å²) >= 11 is 0. The normalized spacial score (nSPS) is 26.8. The van der Waals surface area contributed by atoms with Crippen LogP contribution in [0.25, 0.3) is 10.8 Å². The second kappa shape index (κ2) is 5.20. The number of urea groups is 1. The van der Waals surface area contributed by atoms with Crippen molar-refractivity contribution in [1.29, 1.82) is 0 Å². The van der Waals surface area contributed by atoms with Crippen LogP contribution in [-0.2, 0) is 9.53 Å². The van der Waals surface area contributed by atoms with Gasteiger partial charge in [0, 0.05) is 11.9 Å². The van der Waals surface area contributed by atoms with Crippen molar-refractivity contribution >= 4 is 34.5 Å². The van der Waals surface area contributed by atoms with E-state index in [0.29, 0.717) is 18.7 Å². The molecule has 5 rings (SSSR count). The zero-order chi connectivity index (χ0) is 18.0. The molecule has 132 valence electrons. The van der Waals surface area contributed by atoms with Crippen molar-refractivity contribution in [2.45, 2.75) is 24.5 Å². The molecule has 3 saturated heterocycles. The number of likely N-dealkylation sites (tertiary alicyclic amines) is 1. The van der Waals surface area contributed by atoms with Crippen molar-refractivity contribution in [3.05, 3.63) is 42.5 Å². The Labute approximate surface area is 149 Å². The van der Waals surface area contributed by atoms with Crippen LogP contribution in [0.4, 0.5) is 15.3 Å². The number of imide groups is 1. The SMILES string of the molecule is COC(=O)N1CC2CC1[C@H]1C(=O)N(c3cccc4ccccc34)C(=O)N21. The molecular formula is C19H17N3O4. The molecule has 26 heavy (non-hydrogen) atoms. The van der Waals surface area contributed by atoms with Gasteiger partial charge >= 0.3 is 12.1 Å². The Bertz CT molecular complexity index is 953. The number of anilines is 1. The maximum Gasteiger partial charge on any atom is 0.409 e. The van der Waals surface area contributed by atoms with Crippen LogP contribution in [0, 0.1) is 0 Å². The predicted molar refractivity (Wildman–Crippen MR) is 93.8 cm³/mol. The van der Waals surface area contributed by atoms with Gasteiger partial charge in [0.25, 0.3) is 5.91 Å². The van der Waals surface area contributed by atoms with Gasteiger partial charge in [-0.2, -0.15) is 0 Å². The summed E-state index contributed by atoms with van der Waals surface area (Å²) in [5.41, 5.74) is 0.594. The highest BCUT2D eigenvalue weighted by atomic mass is 16.5. The van der Waals surface area contributed by atoms with Gasteiger partial charge in [-0.1, -0.05) is 36.4 Å². The van der Waals surface area contributed by atoms with Crippen molar-refractivity contribution in [3.8, 4) is 0 Å². The fourth-order valence-corrected chi connectivity index (χ4v) is 4.61. The van der Waals surface area contributed by atoms with E-state index in [1.165, 1.54) is 12.0 Å². The molecule has 0 radical (unpaired) electrons. The predicted octanol–water partition coefficient (Wildman–Crippen LogP) is 2.20. The average Bonchev–Trinajstić information content (AvgIpc) is 3.32. The Morgan fingerprint density at radius 2 is 1.88 bits per heavy atom. The first-order chi connectivity index (χ1) is 12.6. The number of carbonyl (C=O) groups excluding carboxylic acids is 3. The summed E-state index contributed by atoms with van der Waals surface area (Å²) in [4.78, 5) is 42.7. The van der Waals surface area contributed by atoms with Gasteiger partial charge in [-0.15, -0.1) is 0 Å². The fourth-order valence-electron chi connectivity index (χ4n) is 4.61. The molecule has 2 unspecified atom stereocenters. The summed E-state index contributed by atoms with van der Waals surface area (Å²) in [7, 11) is 1.33. The maximum absolute atomic E-state index is 13.2. The second-order valence-corrected chi connectivity index (χ2v) is 6.89. The molecular weight excluding hydrogens is 334 g/mol. The Hall–Kier alpha value is -3.09. The van der Waals surface area contributed by atoms with Crippen LogP contribution in [0.1, 0.15) is 6.42 Å². The molecule has 3 heterocycles. The van der Waals surface area contributed by atoms with Crippen LogP contribution in [-0.4, -0.2) is 59.6 Å². The van der Waals surface area contributed by atoms with E-state index in [1.807, 2.05) is 36.4 Å². The fraction of sp³-hybridized carbons (Fsp3) is 0.316. The summed E-state index contributed by atoms with van der Waals surface area (Å²) in [5, 5.41) is 1.83. The number of carbonyl (C=O) groups is 3. The van der Waals surface area contributed by atoms with Crippen LogP contribution >= 0.6 is 0 Å². The Morgan fingerprint density at radius 3 is 2.69 bits per heavy atom. The van der Waals surface area contributed by atoms with Gasteiger partial charge in [0.15, 0.2) is 0 Å². The molecule has 3 atom stereocenters. The zero-order valence-electron chi connectivity index (χ0n) is 14.2. The molecule has 0 aromatic heterocycles. The van der Waals surface area contributed by atoms with E-state index in [4.69, 9.17) is 4.74 Å². The number of ether oxygens (including phenoxy) is 1. The van der Waals surface area contributed by atoms with E-state index >= 15 is 0 Å². The molecule has 0 spiro atoms. The lowest BCUT2D eigenvalue weighted by molar-refractivity contribution is -0.121. The number of hydrogen-bond acceptors (Lipinski definition) is 4. The minimum Gasteiger partial charge on any atom is -0.453 e. The van der Waals surface area contributed by atoms with Gasteiger partial charge in [-0.25, -0.2) is 14.5 Å². The molecule has 0 aliphatic carbocycles. The third-order valence-corrected chi connectivity index (χ3v) is 5.68. The van der Waals surface area contributed by atoms with E-state index in [1.54, 1.807) is 15.9 Å². The molecule has 0 saturated carbocycles. The standard InChI is InChI=1S/C19H17N3O4/c1-26-19(25)20-10-12-9-15(20)16-17(23)22(18(24)21(12)16)14-8-4-6-11-5-2-3-7-13(11)14/h2-8,12,15-16H,9-10H2,1H3/t12?,15?,16-/m0/s1. The van der Waals surface area contributed by atoms with Crippen LogP contribution in [0.2, 0.25) is 0 Å². The second-order valence-electron chi connectivity index (χ2n) is 6.89. The van der Waals surface area contributed by atoms with Crippen molar-refractivity contribution < 1.29 is 19.1 Å². The monoisotopic (exact) mass is 351 g/mol. The first-order valence-corrected chi connectivity index (χ1v) is 8.60. The van der Waals surface area contributed by atoms with Gasteiger partial charge in [0.1, 0.15) is 6.04 Å². The lowest BCUT2D eigenvalue weighted by atomic mass is 10.1. The van der Waals surface area contributed by atoms with Gasteiger partial charge in [0.05, 0.1) is 24.9 Å². The van der Waals surface area contributed by atoms with Gasteiger partial charge in [-0.3, -0.25) is 4.79 Å². The highest BCUT2D eigenvalue weighted by Gasteiger charge is 2.63. The average molecular weight is 351 g/mol. The molecule has 3 aliphatic heterocycles. The number of rotatable bonds is 1. The molecule has 4 amide bonds. The maximum atomic E-state index is 13.2. The number of piperazine rings is 1. The van der Waals surface area contributed by atoms with Gasteiger partial charge in [0.2, 0.25) is 0 Å². The van der Waals surface area contributed by atoms with Crippen LogP contribution in [0.5, 0.6) is 0 Å². The van der Waals surface area contributed by atoms with Crippen molar-refractivity contribution in [3.63, 3.8) is 0 Å². The Morgan fingerprint density at radius 1 is 1.12 bits per heavy atom. The van der Waals surface area contributed by atoms with Gasteiger partial charge < -0.3 is 14.5 Å². The lowest BCUT2D eigenvalue weighted by Gasteiger charge is -2.33. The summed E-state index contributed by atoms with van der Waals surface area (Å²) in [5.74, 6) is -0.271. The summed E-state index contributed by atoms with van der Waals surface area (Å²) in [6.07, 6.45) is 0.182. The highest BCUT2D eigenvalue weighted by Crippen LogP contribution is 2.43. The molecule has 7 heteroatoms. The Kier molecular flexibility index (Phi) is 3.04. The van der Waals surface area contributed by atoms with Crippen LogP contribution < -0.4 is 4.90 Å². The van der Waals surface area contributed by atoms with E-state index in [9.17, 15) is 14.4 Å². The summed E-state index contributed by atoms with van der Waals surface area (Å²) in [6.45, 7) is 0.413. The minimum absolute atomic E-state index is 0.138. The molecule has 0 N–H and O–H groups in total. The van der Waals surface area contributed by atoms with Crippen LogP contribution in [0.3, 0.4) is 0 Å². The number of nitrogens with zero attached hydrogens (tertiary/aromatic N) is 3. The quantitative estimate of drug-likeness (QED) is 0.739. The first-order valence-electron chi connectivity index (χ1n) is 8.60. The van der Waals surface area contributed by atoms with Crippen molar-refractivity contribution in [2.24, 2.45) is 0 Å². The molecule has 2 aromatic carbocycles. The van der Waals surface area contributed by atoms with Crippen molar-refractivity contribution in [2.75, 3.05) is 18.6 Å². The third-order valence-electron chi connectivity index (χ3n) is 5.68. The van der Waals surface area contributed by atoms with Gasteiger partial charge in [-0.05, 0) is 17.9 Å². The molecule has 2 aromatic rings. The van der Waals surface area contributed by atoms with E-state index in [-0.39, 0.29) is 24.0 Å². The number of fused-ring (bicyclic) bond motifs is 6. The zero-order valence-corrected chi connectivity index (χ0v) is 14.2. The molecule has 2 bridgehead atoms. The first kappa shape index (κ1) is 15.2. The number of methoxy groups -OCH3 is 1. The third kappa shape index (κ3) is 1.80. The van der Waals surface area contributed by atoms with E-state index in [2.05, 4.69) is 0 Å². The molecule has 3 aliphatic rings. The largest absolute Gasteiger partial charge is 0.453 e. The van der Waals surface area contributed by atoms with Crippen LogP contribution in [0.15, 0.2) is 42.5 Å². The highest BCUT2D eigenvalue weighted by molar-refractivity contribution is 6.25. The van der Waals surface area contributed by atoms with Crippen molar-refractivity contribution in [1.82, 2.24) is 9.80 Å². The summed E-state index contributed by atoms with van der Waals surface area (Å²) < 4.78 is 4.83. The van der Waals surface area contributed by atoms with E-state index in [0.717, 1.165) is 10.8 Å². The lowest BCUT2D eigenvalue weighted by Crippen LogP contribution is -2.54. The minimum atomic E-state index is -0.626.